The highest BCUT2D eigenvalue weighted by Gasteiger charge is 2.41. The number of hydrogen-bond donors (Lipinski definition) is 2. The monoisotopic (exact) mass is 427 g/mol. The SMILES string of the molecule is COCC1CC(=O)NC2CC(NC(=O)CCCN3C(=O)c4ccccc4C3=O)CCC12. The van der Waals surface area contributed by atoms with Gasteiger partial charge in [0.1, 0.15) is 0 Å². The molecule has 2 N–H and O–H groups in total. The molecular formula is C23H29N3O5. The summed E-state index contributed by atoms with van der Waals surface area (Å²) in [6.45, 7) is 0.813. The summed E-state index contributed by atoms with van der Waals surface area (Å²) >= 11 is 0. The van der Waals surface area contributed by atoms with E-state index in [1.54, 1.807) is 31.4 Å². The highest BCUT2D eigenvalue weighted by Crippen LogP contribution is 2.35. The molecule has 166 valence electrons. The number of carbonyl (C=O) groups excluding carboxylic acids is 4. The lowest BCUT2D eigenvalue weighted by atomic mass is 9.71. The normalized spacial score (nSPS) is 27.5. The van der Waals surface area contributed by atoms with E-state index in [2.05, 4.69) is 10.6 Å². The van der Waals surface area contributed by atoms with Crippen LogP contribution in [0.5, 0.6) is 0 Å². The fourth-order valence-electron chi connectivity index (χ4n) is 5.25. The molecule has 8 nitrogen and oxygen atoms in total. The van der Waals surface area contributed by atoms with Crippen molar-refractivity contribution in [2.75, 3.05) is 20.3 Å². The first-order valence-electron chi connectivity index (χ1n) is 11.0. The molecule has 31 heavy (non-hydrogen) atoms. The van der Waals surface area contributed by atoms with Crippen molar-refractivity contribution in [2.45, 2.75) is 50.6 Å². The van der Waals surface area contributed by atoms with E-state index in [-0.39, 0.29) is 54.6 Å². The van der Waals surface area contributed by atoms with Crippen molar-refractivity contribution in [3.8, 4) is 0 Å². The Balaban J connectivity index is 1.24. The zero-order chi connectivity index (χ0) is 22.0. The summed E-state index contributed by atoms with van der Waals surface area (Å²) in [6, 6.07) is 6.87. The molecule has 2 heterocycles. The van der Waals surface area contributed by atoms with Gasteiger partial charge in [0.2, 0.25) is 11.8 Å². The maximum Gasteiger partial charge on any atom is 0.261 e. The summed E-state index contributed by atoms with van der Waals surface area (Å²) in [4.78, 5) is 50.5. The maximum atomic E-state index is 12.5. The number of nitrogens with one attached hydrogen (secondary N) is 2. The fourth-order valence-corrected chi connectivity index (χ4v) is 5.25. The highest BCUT2D eigenvalue weighted by molar-refractivity contribution is 6.21. The van der Waals surface area contributed by atoms with Crippen molar-refractivity contribution in [1.29, 1.82) is 0 Å². The number of rotatable bonds is 7. The van der Waals surface area contributed by atoms with Crippen molar-refractivity contribution < 1.29 is 23.9 Å². The molecule has 8 heteroatoms. The second-order valence-electron chi connectivity index (χ2n) is 8.75. The van der Waals surface area contributed by atoms with Gasteiger partial charge in [-0.05, 0) is 49.7 Å². The van der Waals surface area contributed by atoms with Crippen LogP contribution in [-0.4, -0.2) is 60.9 Å². The molecule has 4 atom stereocenters. The number of methoxy groups -OCH3 is 1. The molecule has 1 aromatic carbocycles. The molecule has 0 aromatic heterocycles. The van der Waals surface area contributed by atoms with Crippen molar-refractivity contribution in [3.63, 3.8) is 0 Å². The molecule has 1 aliphatic carbocycles. The van der Waals surface area contributed by atoms with Crippen molar-refractivity contribution in [2.24, 2.45) is 11.8 Å². The quantitative estimate of drug-likeness (QED) is 0.642. The third kappa shape index (κ3) is 4.49. The van der Waals surface area contributed by atoms with Crippen LogP contribution in [0.2, 0.25) is 0 Å². The van der Waals surface area contributed by atoms with Gasteiger partial charge >= 0.3 is 0 Å². The van der Waals surface area contributed by atoms with Gasteiger partial charge in [-0.25, -0.2) is 0 Å². The van der Waals surface area contributed by atoms with E-state index < -0.39 is 0 Å². The number of piperidine rings is 1. The maximum absolute atomic E-state index is 12.5. The Hall–Kier alpha value is -2.74. The second-order valence-corrected chi connectivity index (χ2v) is 8.75. The van der Waals surface area contributed by atoms with Crippen LogP contribution in [0.1, 0.15) is 59.2 Å². The molecule has 1 saturated heterocycles. The van der Waals surface area contributed by atoms with Gasteiger partial charge in [-0.1, -0.05) is 12.1 Å². The molecule has 2 fully saturated rings. The Morgan fingerprint density at radius 1 is 1.16 bits per heavy atom. The van der Waals surface area contributed by atoms with Crippen LogP contribution >= 0.6 is 0 Å². The second kappa shape index (κ2) is 9.18. The van der Waals surface area contributed by atoms with E-state index in [1.165, 1.54) is 4.90 Å². The molecule has 4 unspecified atom stereocenters. The number of ether oxygens (including phenoxy) is 1. The smallest absolute Gasteiger partial charge is 0.261 e. The summed E-state index contributed by atoms with van der Waals surface area (Å²) < 4.78 is 5.29. The molecule has 0 radical (unpaired) electrons. The van der Waals surface area contributed by atoms with Gasteiger partial charge in [0.15, 0.2) is 0 Å². The average molecular weight is 428 g/mol. The van der Waals surface area contributed by atoms with Gasteiger partial charge in [0.25, 0.3) is 11.8 Å². The van der Waals surface area contributed by atoms with E-state index in [4.69, 9.17) is 4.74 Å². The van der Waals surface area contributed by atoms with Gasteiger partial charge < -0.3 is 15.4 Å². The predicted molar refractivity (Wildman–Crippen MR) is 112 cm³/mol. The largest absolute Gasteiger partial charge is 0.384 e. The van der Waals surface area contributed by atoms with Crippen LogP contribution in [0.25, 0.3) is 0 Å². The summed E-state index contributed by atoms with van der Waals surface area (Å²) in [5.74, 6) is 0.00232. The van der Waals surface area contributed by atoms with Crippen LogP contribution in [0.4, 0.5) is 0 Å². The lowest BCUT2D eigenvalue weighted by Gasteiger charge is -2.43. The molecule has 4 amide bonds. The number of imide groups is 1. The number of nitrogens with zero attached hydrogens (tertiary/aromatic N) is 1. The molecule has 3 aliphatic rings. The minimum Gasteiger partial charge on any atom is -0.384 e. The third-order valence-corrected chi connectivity index (χ3v) is 6.71. The summed E-state index contributed by atoms with van der Waals surface area (Å²) in [7, 11) is 1.66. The summed E-state index contributed by atoms with van der Waals surface area (Å²) in [5, 5.41) is 6.15. The Labute approximate surface area is 181 Å². The molecular weight excluding hydrogens is 398 g/mol. The molecule has 1 aromatic rings. The van der Waals surface area contributed by atoms with E-state index in [9.17, 15) is 19.2 Å². The standard InChI is InChI=1S/C23H29N3O5/c1-31-13-14-11-21(28)25-19-12-15(8-9-16(14)19)24-20(27)7-4-10-26-22(29)17-5-2-3-6-18(17)23(26)30/h2-3,5-6,14-16,19H,4,7-13H2,1H3,(H,24,27)(H,25,28). The predicted octanol–water partition coefficient (Wildman–Crippen LogP) is 1.50. The van der Waals surface area contributed by atoms with E-state index >= 15 is 0 Å². The third-order valence-electron chi connectivity index (χ3n) is 6.71. The molecule has 0 bridgehead atoms. The van der Waals surface area contributed by atoms with Crippen LogP contribution in [0.3, 0.4) is 0 Å². The van der Waals surface area contributed by atoms with Gasteiger partial charge in [0.05, 0.1) is 11.1 Å². The van der Waals surface area contributed by atoms with E-state index in [0.717, 1.165) is 19.3 Å². The Morgan fingerprint density at radius 2 is 1.87 bits per heavy atom. The number of hydrogen-bond acceptors (Lipinski definition) is 5. The first-order chi connectivity index (χ1) is 15.0. The number of carbonyl (C=O) groups is 4. The molecule has 0 spiro atoms. The molecule has 1 saturated carbocycles. The lowest BCUT2D eigenvalue weighted by Crippen LogP contribution is -2.56. The van der Waals surface area contributed by atoms with Crippen LogP contribution in [0, 0.1) is 11.8 Å². The van der Waals surface area contributed by atoms with Gasteiger partial charge in [-0.2, -0.15) is 0 Å². The van der Waals surface area contributed by atoms with E-state index in [0.29, 0.717) is 36.5 Å². The zero-order valence-corrected chi connectivity index (χ0v) is 17.8. The Morgan fingerprint density at radius 3 is 2.55 bits per heavy atom. The van der Waals surface area contributed by atoms with Crippen molar-refractivity contribution in [3.05, 3.63) is 35.4 Å². The minimum atomic E-state index is -0.294. The Bertz CT molecular complexity index is 851. The van der Waals surface area contributed by atoms with Gasteiger partial charge in [-0.3, -0.25) is 24.1 Å². The van der Waals surface area contributed by atoms with Gasteiger partial charge in [0, 0.05) is 45.2 Å². The highest BCUT2D eigenvalue weighted by atomic mass is 16.5. The topological polar surface area (TPSA) is 105 Å². The van der Waals surface area contributed by atoms with Crippen LogP contribution in [0.15, 0.2) is 24.3 Å². The molecule has 2 aliphatic heterocycles. The number of fused-ring (bicyclic) bond motifs is 2. The lowest BCUT2D eigenvalue weighted by molar-refractivity contribution is -0.128. The number of amides is 4. The zero-order valence-electron chi connectivity index (χ0n) is 17.8. The Kier molecular flexibility index (Phi) is 6.36. The average Bonchev–Trinajstić information content (AvgIpc) is 2.99. The first-order valence-corrected chi connectivity index (χ1v) is 11.0. The summed E-state index contributed by atoms with van der Waals surface area (Å²) in [5.41, 5.74) is 0.852. The van der Waals surface area contributed by atoms with Gasteiger partial charge in [-0.15, -0.1) is 0 Å². The minimum absolute atomic E-state index is 0.0228. The fraction of sp³-hybridized carbons (Fsp3) is 0.565. The van der Waals surface area contributed by atoms with E-state index in [1.807, 2.05) is 0 Å². The van der Waals surface area contributed by atoms with Crippen molar-refractivity contribution in [1.82, 2.24) is 15.5 Å². The van der Waals surface area contributed by atoms with Crippen LogP contribution < -0.4 is 10.6 Å². The molecule has 4 rings (SSSR count). The van der Waals surface area contributed by atoms with Crippen LogP contribution in [-0.2, 0) is 14.3 Å². The number of benzene rings is 1. The van der Waals surface area contributed by atoms with Crippen molar-refractivity contribution >= 4 is 23.6 Å². The summed E-state index contributed by atoms with van der Waals surface area (Å²) in [6.07, 6.45) is 3.71. The first kappa shape index (κ1) is 21.5.